The molecule has 8 nitrogen and oxygen atoms in total. The van der Waals surface area contributed by atoms with Crippen LogP contribution in [0.1, 0.15) is 25.7 Å². The van der Waals surface area contributed by atoms with Crippen LogP contribution in [0.4, 0.5) is 0 Å². The predicted molar refractivity (Wildman–Crippen MR) is 100 cm³/mol. The van der Waals surface area contributed by atoms with Crippen LogP contribution in [0.3, 0.4) is 0 Å². The molecule has 2 heterocycles. The Bertz CT molecular complexity index is 330. The van der Waals surface area contributed by atoms with E-state index >= 15 is 0 Å². The zero-order valence-electron chi connectivity index (χ0n) is 14.6. The maximum absolute atomic E-state index is 8.00. The molecular formula is C16H28CoN6O2-4. The van der Waals surface area contributed by atoms with Gasteiger partial charge in [0.25, 0.3) is 0 Å². The summed E-state index contributed by atoms with van der Waals surface area (Å²) in [5, 5.41) is 31.6. The number of rotatable bonds is 10. The molecule has 0 aliphatic carbocycles. The number of piperidine rings is 1. The van der Waals surface area contributed by atoms with E-state index in [0.29, 0.717) is 12.1 Å². The first-order chi connectivity index (χ1) is 11.9. The van der Waals surface area contributed by atoms with E-state index in [-0.39, 0.29) is 16.8 Å². The van der Waals surface area contributed by atoms with Crippen LogP contribution < -0.4 is 0 Å². The van der Waals surface area contributed by atoms with E-state index in [2.05, 4.69) is 38.7 Å². The second-order valence-electron chi connectivity index (χ2n) is 5.75. The molecule has 0 aromatic heterocycles. The Balaban J connectivity index is 0.00000134. The Morgan fingerprint density at radius 3 is 2.28 bits per heavy atom. The van der Waals surface area contributed by atoms with Crippen molar-refractivity contribution >= 4 is 0 Å². The van der Waals surface area contributed by atoms with Crippen molar-refractivity contribution in [1.82, 2.24) is 0 Å². The molecule has 2 rings (SSSR count). The zero-order valence-corrected chi connectivity index (χ0v) is 15.7. The van der Waals surface area contributed by atoms with E-state index in [9.17, 15) is 0 Å². The molecule has 9 heteroatoms. The maximum Gasteiger partial charge on any atom is 2.00 e. The Kier molecular flexibility index (Phi) is 17.8. The summed E-state index contributed by atoms with van der Waals surface area (Å²) in [5.41, 5.74) is 0. The SMILES string of the molecule is C1=CC(C[N-]CC[N-]CC[N-]CC2CCCC[N-]2)[N-]CC1.O=N[O-].[Co+2]. The van der Waals surface area contributed by atoms with E-state index in [1.54, 1.807) is 0 Å². The average Bonchev–Trinajstić information content (AvgIpc) is 2.63. The fraction of sp³-hybridized carbons (Fsp3) is 0.875. The van der Waals surface area contributed by atoms with Crippen molar-refractivity contribution in [3.05, 3.63) is 48.9 Å². The molecule has 0 saturated carbocycles. The third-order valence-electron chi connectivity index (χ3n) is 3.84. The van der Waals surface area contributed by atoms with E-state index < -0.39 is 0 Å². The molecule has 147 valence electrons. The maximum atomic E-state index is 8.00. The van der Waals surface area contributed by atoms with Gasteiger partial charge in [0, 0.05) is 0 Å². The molecule has 2 aliphatic heterocycles. The van der Waals surface area contributed by atoms with Crippen molar-refractivity contribution in [3.63, 3.8) is 0 Å². The van der Waals surface area contributed by atoms with Crippen molar-refractivity contribution in [2.24, 2.45) is 5.34 Å². The largest absolute Gasteiger partial charge is 2.00 e. The van der Waals surface area contributed by atoms with Gasteiger partial charge in [-0.1, -0.05) is 31.8 Å². The molecule has 1 radical (unpaired) electrons. The summed E-state index contributed by atoms with van der Waals surface area (Å²) in [7, 11) is 0. The smallest absolute Gasteiger partial charge is 0.665 e. The van der Waals surface area contributed by atoms with Crippen LogP contribution in [-0.4, -0.2) is 64.4 Å². The molecular weight excluding hydrogens is 367 g/mol. The topological polar surface area (TPSA) is 123 Å². The first-order valence-electron chi connectivity index (χ1n) is 8.71. The fourth-order valence-corrected chi connectivity index (χ4v) is 2.61. The molecule has 0 aromatic rings. The van der Waals surface area contributed by atoms with Gasteiger partial charge in [0.15, 0.2) is 0 Å². The van der Waals surface area contributed by atoms with E-state index in [1.165, 1.54) is 19.3 Å². The van der Waals surface area contributed by atoms with Gasteiger partial charge in [-0.25, -0.2) is 0 Å². The van der Waals surface area contributed by atoms with E-state index in [4.69, 9.17) is 10.1 Å². The first-order valence-corrected chi connectivity index (χ1v) is 8.71. The third kappa shape index (κ3) is 14.3. The normalized spacial score (nSPS) is 22.4. The van der Waals surface area contributed by atoms with Crippen LogP contribution in [0.25, 0.3) is 26.6 Å². The van der Waals surface area contributed by atoms with Gasteiger partial charge in [-0.3, -0.25) is 0 Å². The van der Waals surface area contributed by atoms with Crippen molar-refractivity contribution in [1.29, 1.82) is 0 Å². The summed E-state index contributed by atoms with van der Waals surface area (Å²) in [5.74, 6) is 0. The number of nitrogens with zero attached hydrogens (tertiary/aromatic N) is 6. The summed E-state index contributed by atoms with van der Waals surface area (Å²) >= 11 is 0. The van der Waals surface area contributed by atoms with Crippen molar-refractivity contribution in [2.75, 3.05) is 52.4 Å². The second kappa shape index (κ2) is 18.2. The van der Waals surface area contributed by atoms with Crippen LogP contribution in [0, 0.1) is 10.1 Å². The molecule has 2 aliphatic rings. The Morgan fingerprint density at radius 1 is 1.00 bits per heavy atom. The number of hydrogen-bond acceptors (Lipinski definition) is 3. The molecule has 1 saturated heterocycles. The summed E-state index contributed by atoms with van der Waals surface area (Å²) in [6.07, 6.45) is 9.26. The molecule has 1 fully saturated rings. The van der Waals surface area contributed by atoms with Gasteiger partial charge in [-0.2, -0.15) is 45.3 Å². The Labute approximate surface area is 161 Å². The van der Waals surface area contributed by atoms with Crippen LogP contribution in [0.2, 0.25) is 0 Å². The summed E-state index contributed by atoms with van der Waals surface area (Å²) in [6, 6.07) is 0.800. The standard InChI is InChI=1S/C16H28N5.Co.HNO2/c1-3-7-20-15(5-1)13-18-11-9-17-10-12-19-14-16-6-2-4-8-21-16;;2-1-3/h1,5,15-16H,2-4,6-14H2;;(H,2,3)/q-5;+2;/p-1. The molecule has 0 bridgehead atoms. The summed E-state index contributed by atoms with van der Waals surface area (Å²) < 4.78 is 0. The van der Waals surface area contributed by atoms with Gasteiger partial charge in [0.05, 0.1) is 0 Å². The molecule has 2 atom stereocenters. The molecule has 0 spiro atoms. The fourth-order valence-electron chi connectivity index (χ4n) is 2.61. The minimum Gasteiger partial charge on any atom is -0.665 e. The predicted octanol–water partition coefficient (Wildman–Crippen LogP) is 3.98. The van der Waals surface area contributed by atoms with Gasteiger partial charge in [-0.15, -0.1) is 30.5 Å². The van der Waals surface area contributed by atoms with Crippen LogP contribution in [0.5, 0.6) is 0 Å². The monoisotopic (exact) mass is 395 g/mol. The van der Waals surface area contributed by atoms with E-state index in [0.717, 1.165) is 64.1 Å². The molecule has 2 unspecified atom stereocenters. The molecule has 0 aromatic carbocycles. The van der Waals surface area contributed by atoms with Gasteiger partial charge in [0.1, 0.15) is 0 Å². The molecule has 0 N–H and O–H groups in total. The van der Waals surface area contributed by atoms with Gasteiger partial charge >= 0.3 is 16.8 Å². The summed E-state index contributed by atoms with van der Waals surface area (Å²) in [6.45, 7) is 7.01. The van der Waals surface area contributed by atoms with E-state index in [1.807, 2.05) is 0 Å². The van der Waals surface area contributed by atoms with Crippen molar-refractivity contribution in [2.45, 2.75) is 37.8 Å². The van der Waals surface area contributed by atoms with Crippen LogP contribution >= 0.6 is 0 Å². The van der Waals surface area contributed by atoms with Gasteiger partial charge in [0.2, 0.25) is 0 Å². The first kappa shape index (κ1) is 24.4. The Hall–Kier alpha value is -0.554. The zero-order chi connectivity index (χ0) is 17.3. The van der Waals surface area contributed by atoms with Crippen LogP contribution in [-0.2, 0) is 16.8 Å². The number of hydrogen-bond donors (Lipinski definition) is 0. The third-order valence-corrected chi connectivity index (χ3v) is 3.84. The van der Waals surface area contributed by atoms with Crippen molar-refractivity contribution in [3.8, 4) is 0 Å². The summed E-state index contributed by atoms with van der Waals surface area (Å²) in [4.78, 5) is 8.00. The average molecular weight is 395 g/mol. The molecule has 0 amide bonds. The minimum atomic E-state index is 0. The van der Waals surface area contributed by atoms with Crippen LogP contribution in [0.15, 0.2) is 17.5 Å². The Morgan fingerprint density at radius 2 is 1.68 bits per heavy atom. The quantitative estimate of drug-likeness (QED) is 0.240. The minimum absolute atomic E-state index is 0. The van der Waals surface area contributed by atoms with Gasteiger partial charge < -0.3 is 36.7 Å². The molecule has 25 heavy (non-hydrogen) atoms. The second-order valence-corrected chi connectivity index (χ2v) is 5.75. The van der Waals surface area contributed by atoms with Crippen molar-refractivity contribution < 1.29 is 16.8 Å². The van der Waals surface area contributed by atoms with Gasteiger partial charge in [-0.05, 0) is 0 Å².